The zero-order valence-electron chi connectivity index (χ0n) is 13.8. The lowest BCUT2D eigenvalue weighted by Gasteiger charge is -2.26. The maximum Gasteiger partial charge on any atom is 0.222 e. The van der Waals surface area contributed by atoms with Gasteiger partial charge in [-0.1, -0.05) is 0 Å². The Labute approximate surface area is 144 Å². The third kappa shape index (κ3) is 3.42. The minimum atomic E-state index is 0.170. The molecule has 0 spiro atoms. The minimum Gasteiger partial charge on any atom is -0.340 e. The van der Waals surface area contributed by atoms with E-state index in [1.165, 1.54) is 6.33 Å². The van der Waals surface area contributed by atoms with Crippen LogP contribution >= 0.6 is 0 Å². The summed E-state index contributed by atoms with van der Waals surface area (Å²) in [6.07, 6.45) is 8.76. The Kier molecular flexibility index (Phi) is 4.24. The quantitative estimate of drug-likeness (QED) is 0.760. The van der Waals surface area contributed by atoms with Gasteiger partial charge in [0.1, 0.15) is 18.5 Å². The fraction of sp³-hybridized carbons (Fsp3) is 0.353. The monoisotopic (exact) mass is 337 g/mol. The van der Waals surface area contributed by atoms with Crippen LogP contribution in [-0.2, 0) is 24.3 Å². The Morgan fingerprint density at radius 1 is 1.32 bits per heavy atom. The van der Waals surface area contributed by atoms with E-state index >= 15 is 0 Å². The number of fused-ring (bicyclic) bond motifs is 1. The lowest BCUT2D eigenvalue weighted by Crippen LogP contribution is -2.36. The van der Waals surface area contributed by atoms with Gasteiger partial charge in [-0.15, -0.1) is 0 Å². The van der Waals surface area contributed by atoms with Crippen LogP contribution in [0.25, 0.3) is 11.4 Å². The standard InChI is InChI=1S/C17H19N7O/c25-16(4-2-7-24-12-19-11-20-24)23-8-5-14-15(10-23)22-17(21-14)13-3-1-6-18-9-13/h1,3,6,9,11-12H,2,4-5,7-8,10H2,(H,21,22). The Balaban J connectivity index is 1.37. The second-order valence-electron chi connectivity index (χ2n) is 6.08. The van der Waals surface area contributed by atoms with Crippen LogP contribution < -0.4 is 0 Å². The van der Waals surface area contributed by atoms with Gasteiger partial charge < -0.3 is 9.88 Å². The molecule has 0 unspecified atom stereocenters. The van der Waals surface area contributed by atoms with Gasteiger partial charge >= 0.3 is 0 Å². The number of rotatable bonds is 5. The van der Waals surface area contributed by atoms with E-state index in [2.05, 4.69) is 25.0 Å². The van der Waals surface area contributed by atoms with Crippen LogP contribution in [0, 0.1) is 0 Å². The molecule has 0 atom stereocenters. The molecule has 128 valence electrons. The Morgan fingerprint density at radius 3 is 3.08 bits per heavy atom. The molecule has 0 aliphatic carbocycles. The second-order valence-corrected chi connectivity index (χ2v) is 6.08. The topological polar surface area (TPSA) is 92.6 Å². The number of aromatic amines is 1. The van der Waals surface area contributed by atoms with Crippen molar-refractivity contribution in [2.24, 2.45) is 0 Å². The number of carbonyl (C=O) groups is 1. The fourth-order valence-electron chi connectivity index (χ4n) is 3.04. The number of aryl methyl sites for hydroxylation is 1. The van der Waals surface area contributed by atoms with Crippen molar-refractivity contribution >= 4 is 5.91 Å². The van der Waals surface area contributed by atoms with Gasteiger partial charge in [0.15, 0.2) is 0 Å². The molecule has 1 N–H and O–H groups in total. The van der Waals surface area contributed by atoms with Crippen molar-refractivity contribution in [1.82, 2.24) is 34.6 Å². The van der Waals surface area contributed by atoms with Crippen molar-refractivity contribution in [3.8, 4) is 11.4 Å². The van der Waals surface area contributed by atoms with Crippen LogP contribution in [0.1, 0.15) is 24.2 Å². The largest absolute Gasteiger partial charge is 0.340 e. The number of H-pyrrole nitrogens is 1. The van der Waals surface area contributed by atoms with Gasteiger partial charge in [-0.25, -0.2) is 9.97 Å². The van der Waals surface area contributed by atoms with E-state index in [1.807, 2.05) is 17.0 Å². The molecule has 0 saturated heterocycles. The van der Waals surface area contributed by atoms with Crippen LogP contribution in [0.4, 0.5) is 0 Å². The second kappa shape index (κ2) is 6.84. The van der Waals surface area contributed by atoms with E-state index in [4.69, 9.17) is 0 Å². The van der Waals surface area contributed by atoms with E-state index in [0.29, 0.717) is 26.1 Å². The van der Waals surface area contributed by atoms with E-state index in [9.17, 15) is 4.79 Å². The fourth-order valence-corrected chi connectivity index (χ4v) is 3.04. The van der Waals surface area contributed by atoms with E-state index in [1.54, 1.807) is 23.4 Å². The summed E-state index contributed by atoms with van der Waals surface area (Å²) in [7, 11) is 0. The third-order valence-electron chi connectivity index (χ3n) is 4.36. The third-order valence-corrected chi connectivity index (χ3v) is 4.36. The number of aromatic nitrogens is 6. The summed E-state index contributed by atoms with van der Waals surface area (Å²) in [5.41, 5.74) is 3.03. The SMILES string of the molecule is O=C(CCCn1cncn1)N1CCc2nc(-c3cccnc3)[nH]c2C1. The zero-order valence-corrected chi connectivity index (χ0v) is 13.8. The highest BCUT2D eigenvalue weighted by Crippen LogP contribution is 2.22. The van der Waals surface area contributed by atoms with Gasteiger partial charge in [0.2, 0.25) is 5.91 Å². The highest BCUT2D eigenvalue weighted by molar-refractivity contribution is 5.76. The number of hydrogen-bond donors (Lipinski definition) is 1. The van der Waals surface area contributed by atoms with E-state index < -0.39 is 0 Å². The summed E-state index contributed by atoms with van der Waals surface area (Å²) in [6.45, 7) is 2.01. The normalized spacial score (nSPS) is 13.7. The Morgan fingerprint density at radius 2 is 2.28 bits per heavy atom. The number of nitrogens with zero attached hydrogens (tertiary/aromatic N) is 6. The zero-order chi connectivity index (χ0) is 17.1. The molecule has 3 aromatic heterocycles. The Hall–Kier alpha value is -3.03. The van der Waals surface area contributed by atoms with Crippen LogP contribution in [-0.4, -0.2) is 47.1 Å². The van der Waals surface area contributed by atoms with Crippen molar-refractivity contribution in [3.63, 3.8) is 0 Å². The summed E-state index contributed by atoms with van der Waals surface area (Å²) < 4.78 is 1.75. The number of amides is 1. The first-order chi connectivity index (χ1) is 12.3. The first-order valence-corrected chi connectivity index (χ1v) is 8.38. The van der Waals surface area contributed by atoms with E-state index in [-0.39, 0.29) is 5.91 Å². The van der Waals surface area contributed by atoms with Crippen molar-refractivity contribution in [2.45, 2.75) is 32.4 Å². The summed E-state index contributed by atoms with van der Waals surface area (Å²) >= 11 is 0. The van der Waals surface area contributed by atoms with Crippen LogP contribution in [0.2, 0.25) is 0 Å². The van der Waals surface area contributed by atoms with Crippen LogP contribution in [0.5, 0.6) is 0 Å². The molecule has 0 fully saturated rings. The first kappa shape index (κ1) is 15.5. The molecule has 0 radical (unpaired) electrons. The van der Waals surface area contributed by atoms with Crippen LogP contribution in [0.15, 0.2) is 37.2 Å². The molecule has 0 saturated carbocycles. The van der Waals surface area contributed by atoms with Crippen molar-refractivity contribution in [2.75, 3.05) is 6.54 Å². The molecule has 0 bridgehead atoms. The number of pyridine rings is 1. The van der Waals surface area contributed by atoms with E-state index in [0.717, 1.165) is 35.6 Å². The predicted molar refractivity (Wildman–Crippen MR) is 90.2 cm³/mol. The number of nitrogens with one attached hydrogen (secondary N) is 1. The molecular formula is C17H19N7O. The van der Waals surface area contributed by atoms with Gasteiger partial charge in [-0.3, -0.25) is 14.5 Å². The summed E-state index contributed by atoms with van der Waals surface area (Å²) in [4.78, 5) is 30.4. The van der Waals surface area contributed by atoms with Gasteiger partial charge in [0, 0.05) is 43.9 Å². The molecule has 0 aromatic carbocycles. The highest BCUT2D eigenvalue weighted by Gasteiger charge is 2.23. The summed E-state index contributed by atoms with van der Waals surface area (Å²) in [5.74, 6) is 0.988. The smallest absolute Gasteiger partial charge is 0.222 e. The molecular weight excluding hydrogens is 318 g/mol. The maximum atomic E-state index is 12.4. The van der Waals surface area contributed by atoms with Gasteiger partial charge in [-0.2, -0.15) is 5.10 Å². The Bertz CT molecular complexity index is 841. The first-order valence-electron chi connectivity index (χ1n) is 8.38. The van der Waals surface area contributed by atoms with Gasteiger partial charge in [0.25, 0.3) is 0 Å². The number of imidazole rings is 1. The molecule has 4 rings (SSSR count). The minimum absolute atomic E-state index is 0.170. The van der Waals surface area contributed by atoms with Gasteiger partial charge in [-0.05, 0) is 18.6 Å². The van der Waals surface area contributed by atoms with Crippen molar-refractivity contribution in [1.29, 1.82) is 0 Å². The van der Waals surface area contributed by atoms with Crippen LogP contribution in [0.3, 0.4) is 0 Å². The number of hydrogen-bond acceptors (Lipinski definition) is 5. The highest BCUT2D eigenvalue weighted by atomic mass is 16.2. The molecule has 4 heterocycles. The molecule has 1 aliphatic heterocycles. The predicted octanol–water partition coefficient (Wildman–Crippen LogP) is 1.43. The van der Waals surface area contributed by atoms with Crippen molar-refractivity contribution in [3.05, 3.63) is 48.6 Å². The molecule has 25 heavy (non-hydrogen) atoms. The molecule has 3 aromatic rings. The maximum absolute atomic E-state index is 12.4. The molecule has 1 amide bonds. The number of carbonyl (C=O) groups excluding carboxylic acids is 1. The molecule has 1 aliphatic rings. The lowest BCUT2D eigenvalue weighted by atomic mass is 10.1. The molecule has 8 heteroatoms. The summed E-state index contributed by atoms with van der Waals surface area (Å²) in [5, 5.41) is 4.05. The van der Waals surface area contributed by atoms with Gasteiger partial charge in [0.05, 0.1) is 17.9 Å². The molecule has 8 nitrogen and oxygen atoms in total. The summed E-state index contributed by atoms with van der Waals surface area (Å²) in [6, 6.07) is 3.87. The average Bonchev–Trinajstić information content (AvgIpc) is 3.31. The lowest BCUT2D eigenvalue weighted by molar-refractivity contribution is -0.132. The average molecular weight is 337 g/mol. The van der Waals surface area contributed by atoms with Crippen molar-refractivity contribution < 1.29 is 4.79 Å².